The molecule has 4 nitrogen and oxygen atoms in total. The lowest BCUT2D eigenvalue weighted by atomic mass is 10.1. The van der Waals surface area contributed by atoms with E-state index in [1.807, 2.05) is 103 Å². The molecule has 0 bridgehead atoms. The van der Waals surface area contributed by atoms with Gasteiger partial charge in [-0.05, 0) is 67.9 Å². The number of benzene rings is 3. The van der Waals surface area contributed by atoms with E-state index < -0.39 is 0 Å². The van der Waals surface area contributed by atoms with Gasteiger partial charge < -0.3 is 4.74 Å². The second kappa shape index (κ2) is 9.77. The van der Waals surface area contributed by atoms with E-state index in [0.29, 0.717) is 11.6 Å². The fraction of sp³-hybridized carbons (Fsp3) is 0.120. The summed E-state index contributed by atoms with van der Waals surface area (Å²) < 4.78 is 5.54. The van der Waals surface area contributed by atoms with Crippen molar-refractivity contribution in [3.8, 4) is 17.0 Å². The predicted molar refractivity (Wildman–Crippen MR) is 131 cm³/mol. The van der Waals surface area contributed by atoms with Crippen LogP contribution in [0.3, 0.4) is 0 Å². The lowest BCUT2D eigenvalue weighted by molar-refractivity contribution is 0.340. The third-order valence-corrected chi connectivity index (χ3v) is 5.72. The Labute approximate surface area is 191 Å². The Kier molecular flexibility index (Phi) is 6.65. The van der Waals surface area contributed by atoms with Gasteiger partial charge in [0.25, 0.3) is 0 Å². The fourth-order valence-electron chi connectivity index (χ4n) is 3.06. The molecular weight excluding hydrogens is 426 g/mol. The van der Waals surface area contributed by atoms with Crippen LogP contribution in [-0.2, 0) is 0 Å². The second-order valence-corrected chi connectivity index (χ2v) is 8.09. The summed E-state index contributed by atoms with van der Waals surface area (Å²) in [5.74, 6) is 0.857. The molecule has 0 unspecified atom stereocenters. The van der Waals surface area contributed by atoms with E-state index >= 15 is 0 Å². The smallest absolute Gasteiger partial charge is 0.211 e. The lowest BCUT2D eigenvalue weighted by Gasteiger charge is -2.17. The molecule has 1 heterocycles. The van der Waals surface area contributed by atoms with Gasteiger partial charge in [-0.2, -0.15) is 5.10 Å². The van der Waals surface area contributed by atoms with Crippen molar-refractivity contribution in [2.24, 2.45) is 5.10 Å². The molecule has 0 aliphatic heterocycles. The SMILES string of the molecule is CCOc1ccc(-c2csc(N(/N=C(\C)c3ccc(Cl)cc3)c3ccccc3)n2)cc1. The molecule has 0 spiro atoms. The number of ether oxygens (including phenoxy) is 1. The quantitative estimate of drug-likeness (QED) is 0.218. The van der Waals surface area contributed by atoms with E-state index in [1.54, 1.807) is 11.3 Å². The summed E-state index contributed by atoms with van der Waals surface area (Å²) in [5, 5.41) is 10.3. The van der Waals surface area contributed by atoms with E-state index in [0.717, 1.165) is 39.1 Å². The number of halogens is 1. The third kappa shape index (κ3) is 5.13. The van der Waals surface area contributed by atoms with Crippen LogP contribution in [0, 0.1) is 0 Å². The van der Waals surface area contributed by atoms with Crippen LogP contribution in [0.15, 0.2) is 89.3 Å². The van der Waals surface area contributed by atoms with Crippen LogP contribution >= 0.6 is 22.9 Å². The zero-order valence-corrected chi connectivity index (χ0v) is 18.9. The van der Waals surface area contributed by atoms with Gasteiger partial charge >= 0.3 is 0 Å². The first-order chi connectivity index (χ1) is 15.1. The monoisotopic (exact) mass is 447 g/mol. The number of rotatable bonds is 7. The Morgan fingerprint density at radius 2 is 1.71 bits per heavy atom. The van der Waals surface area contributed by atoms with Gasteiger partial charge in [0.2, 0.25) is 5.13 Å². The van der Waals surface area contributed by atoms with Crippen molar-refractivity contribution >= 4 is 39.5 Å². The Morgan fingerprint density at radius 3 is 2.39 bits per heavy atom. The maximum Gasteiger partial charge on any atom is 0.211 e. The maximum atomic E-state index is 6.04. The summed E-state index contributed by atoms with van der Waals surface area (Å²) in [6.07, 6.45) is 0. The third-order valence-electron chi connectivity index (χ3n) is 4.65. The minimum absolute atomic E-state index is 0.650. The molecule has 4 rings (SSSR count). The van der Waals surface area contributed by atoms with Crippen LogP contribution in [-0.4, -0.2) is 17.3 Å². The minimum atomic E-state index is 0.650. The van der Waals surface area contributed by atoms with Crippen molar-refractivity contribution in [2.45, 2.75) is 13.8 Å². The Hall–Kier alpha value is -3.15. The Bertz CT molecular complexity index is 1160. The van der Waals surface area contributed by atoms with E-state index in [-0.39, 0.29) is 0 Å². The van der Waals surface area contributed by atoms with Crippen LogP contribution in [0.5, 0.6) is 5.75 Å². The molecule has 0 aliphatic carbocycles. The molecule has 0 aliphatic rings. The molecule has 1 aromatic heterocycles. The summed E-state index contributed by atoms with van der Waals surface area (Å²) in [6.45, 7) is 4.61. The minimum Gasteiger partial charge on any atom is -0.494 e. The molecule has 0 N–H and O–H groups in total. The number of hydrazone groups is 1. The molecule has 31 heavy (non-hydrogen) atoms. The number of nitrogens with zero attached hydrogens (tertiary/aromatic N) is 3. The molecule has 0 amide bonds. The van der Waals surface area contributed by atoms with E-state index in [1.165, 1.54) is 0 Å². The number of aromatic nitrogens is 1. The van der Waals surface area contributed by atoms with Gasteiger partial charge in [-0.15, -0.1) is 11.3 Å². The van der Waals surface area contributed by atoms with Crippen molar-refractivity contribution in [1.82, 2.24) is 4.98 Å². The summed E-state index contributed by atoms with van der Waals surface area (Å²) >= 11 is 7.59. The van der Waals surface area contributed by atoms with Crippen LogP contribution in [0.1, 0.15) is 19.4 Å². The number of thiazole rings is 1. The van der Waals surface area contributed by atoms with Crippen LogP contribution < -0.4 is 9.75 Å². The van der Waals surface area contributed by atoms with E-state index in [4.69, 9.17) is 26.4 Å². The molecule has 156 valence electrons. The van der Waals surface area contributed by atoms with E-state index in [9.17, 15) is 0 Å². The average Bonchev–Trinajstić information content (AvgIpc) is 3.29. The van der Waals surface area contributed by atoms with Gasteiger partial charge in [-0.1, -0.05) is 41.9 Å². The molecule has 0 fully saturated rings. The summed E-state index contributed by atoms with van der Waals surface area (Å²) in [5.41, 5.74) is 4.77. The average molecular weight is 448 g/mol. The molecule has 0 radical (unpaired) electrons. The Balaban J connectivity index is 1.68. The lowest BCUT2D eigenvalue weighted by Crippen LogP contribution is -2.12. The highest BCUT2D eigenvalue weighted by Crippen LogP contribution is 2.33. The van der Waals surface area contributed by atoms with E-state index in [2.05, 4.69) is 0 Å². The summed E-state index contributed by atoms with van der Waals surface area (Å²) in [4.78, 5) is 4.87. The van der Waals surface area contributed by atoms with Crippen molar-refractivity contribution in [3.05, 3.63) is 94.8 Å². The highest BCUT2D eigenvalue weighted by molar-refractivity contribution is 7.14. The van der Waals surface area contributed by atoms with Crippen molar-refractivity contribution in [1.29, 1.82) is 0 Å². The largest absolute Gasteiger partial charge is 0.494 e. The van der Waals surface area contributed by atoms with Gasteiger partial charge in [-0.25, -0.2) is 9.99 Å². The van der Waals surface area contributed by atoms with Gasteiger partial charge in [0.1, 0.15) is 5.75 Å². The standard InChI is InChI=1S/C25H22ClN3OS/c1-3-30-23-15-11-20(12-16-23)24-17-31-25(27-24)29(22-7-5-4-6-8-22)28-18(2)19-9-13-21(26)14-10-19/h4-17H,3H2,1-2H3/b28-18+. The molecule has 6 heteroatoms. The van der Waals surface area contributed by atoms with Crippen LogP contribution in [0.2, 0.25) is 5.02 Å². The molecule has 0 atom stereocenters. The highest BCUT2D eigenvalue weighted by Gasteiger charge is 2.15. The van der Waals surface area contributed by atoms with Gasteiger partial charge in [0, 0.05) is 16.0 Å². The van der Waals surface area contributed by atoms with Crippen LogP contribution in [0.25, 0.3) is 11.3 Å². The fourth-order valence-corrected chi connectivity index (χ4v) is 3.99. The maximum absolute atomic E-state index is 6.04. The topological polar surface area (TPSA) is 37.7 Å². The summed E-state index contributed by atoms with van der Waals surface area (Å²) in [7, 11) is 0. The summed E-state index contributed by atoms with van der Waals surface area (Å²) in [6, 6.07) is 25.7. The first-order valence-corrected chi connectivity index (χ1v) is 11.2. The first kappa shape index (κ1) is 21.1. The zero-order chi connectivity index (χ0) is 21.6. The van der Waals surface area contributed by atoms with Gasteiger partial charge in [0.05, 0.1) is 23.7 Å². The normalized spacial score (nSPS) is 11.4. The molecule has 0 saturated carbocycles. The van der Waals surface area contributed by atoms with Crippen LogP contribution in [0.4, 0.5) is 10.8 Å². The predicted octanol–water partition coefficient (Wildman–Crippen LogP) is 7.42. The van der Waals surface area contributed by atoms with Crippen molar-refractivity contribution < 1.29 is 4.74 Å². The highest BCUT2D eigenvalue weighted by atomic mass is 35.5. The van der Waals surface area contributed by atoms with Gasteiger partial charge in [0.15, 0.2) is 0 Å². The number of hydrogen-bond donors (Lipinski definition) is 0. The zero-order valence-electron chi connectivity index (χ0n) is 17.3. The molecule has 0 saturated heterocycles. The first-order valence-electron chi connectivity index (χ1n) is 9.99. The number of hydrogen-bond acceptors (Lipinski definition) is 5. The number of anilines is 2. The Morgan fingerprint density at radius 1 is 1.00 bits per heavy atom. The molecule has 4 aromatic rings. The van der Waals surface area contributed by atoms with Gasteiger partial charge in [-0.3, -0.25) is 0 Å². The second-order valence-electron chi connectivity index (χ2n) is 6.81. The number of para-hydroxylation sites is 1. The van der Waals surface area contributed by atoms with Crippen molar-refractivity contribution in [2.75, 3.05) is 11.6 Å². The molecular formula is C25H22ClN3OS. The van der Waals surface area contributed by atoms with Crippen molar-refractivity contribution in [3.63, 3.8) is 0 Å². The molecule has 3 aromatic carbocycles.